The average molecular weight is 536 g/mol. The molecule has 38 heavy (non-hydrogen) atoms. The predicted octanol–water partition coefficient (Wildman–Crippen LogP) is 4.83. The lowest BCUT2D eigenvalue weighted by Crippen LogP contribution is -2.53. The van der Waals surface area contributed by atoms with Crippen LogP contribution in [0.25, 0.3) is 0 Å². The van der Waals surface area contributed by atoms with E-state index in [4.69, 9.17) is 0 Å². The molecule has 2 amide bonds. The van der Waals surface area contributed by atoms with Gasteiger partial charge in [0.2, 0.25) is 11.8 Å². The molecular weight excluding hydrogens is 498 g/mol. The molecule has 8 heteroatoms. The second-order valence-electron chi connectivity index (χ2n) is 9.71. The Morgan fingerprint density at radius 3 is 2.08 bits per heavy atom. The molecule has 3 aromatic rings. The van der Waals surface area contributed by atoms with Crippen molar-refractivity contribution in [1.29, 1.82) is 0 Å². The Morgan fingerprint density at radius 2 is 1.50 bits per heavy atom. The number of amides is 2. The number of hydrogen-bond donors (Lipinski definition) is 1. The number of nitrogens with one attached hydrogen (secondary N) is 1. The van der Waals surface area contributed by atoms with Crippen LogP contribution in [0.5, 0.6) is 0 Å². The molecular formula is C30H37N3O4S. The zero-order chi connectivity index (χ0) is 27.9. The molecule has 3 rings (SSSR count). The quantitative estimate of drug-likeness (QED) is 0.381. The lowest BCUT2D eigenvalue weighted by atomic mass is 10.1. The highest BCUT2D eigenvalue weighted by atomic mass is 32.2. The van der Waals surface area contributed by atoms with E-state index in [2.05, 4.69) is 5.32 Å². The Labute approximate surface area is 226 Å². The molecule has 3 aromatic carbocycles. The molecule has 0 bridgehead atoms. The third-order valence-corrected chi connectivity index (χ3v) is 8.03. The van der Waals surface area contributed by atoms with E-state index in [0.29, 0.717) is 12.1 Å². The topological polar surface area (TPSA) is 86.8 Å². The number of aryl methyl sites for hydroxylation is 2. The van der Waals surface area contributed by atoms with Crippen molar-refractivity contribution in [2.45, 2.75) is 64.6 Å². The number of carbonyl (C=O) groups excluding carboxylic acids is 2. The first-order valence-corrected chi connectivity index (χ1v) is 14.3. The monoisotopic (exact) mass is 535 g/mol. The predicted molar refractivity (Wildman–Crippen MR) is 151 cm³/mol. The zero-order valence-electron chi connectivity index (χ0n) is 22.7. The van der Waals surface area contributed by atoms with Crippen molar-refractivity contribution in [3.05, 3.63) is 95.6 Å². The maximum atomic E-state index is 14.0. The lowest BCUT2D eigenvalue weighted by Gasteiger charge is -2.34. The highest BCUT2D eigenvalue weighted by Crippen LogP contribution is 2.28. The summed E-state index contributed by atoms with van der Waals surface area (Å²) in [4.78, 5) is 28.8. The van der Waals surface area contributed by atoms with Crippen molar-refractivity contribution < 1.29 is 18.0 Å². The molecule has 1 N–H and O–H groups in total. The van der Waals surface area contributed by atoms with Gasteiger partial charge in [0.25, 0.3) is 10.0 Å². The van der Waals surface area contributed by atoms with Gasteiger partial charge in [0.05, 0.1) is 10.6 Å². The summed E-state index contributed by atoms with van der Waals surface area (Å²) in [7, 11) is -4.08. The molecule has 0 aliphatic carbocycles. The zero-order valence-corrected chi connectivity index (χ0v) is 23.5. The number of rotatable bonds is 11. The first-order valence-electron chi connectivity index (χ1n) is 12.8. The summed E-state index contributed by atoms with van der Waals surface area (Å²) in [6, 6.07) is 22.1. The summed E-state index contributed by atoms with van der Waals surface area (Å²) < 4.78 is 29.0. The third-order valence-electron chi connectivity index (χ3n) is 6.26. The molecule has 0 fully saturated rings. The summed E-state index contributed by atoms with van der Waals surface area (Å²) in [6.45, 7) is 9.00. The van der Waals surface area contributed by atoms with Crippen molar-refractivity contribution >= 4 is 27.5 Å². The van der Waals surface area contributed by atoms with Crippen molar-refractivity contribution in [2.75, 3.05) is 10.8 Å². The summed E-state index contributed by atoms with van der Waals surface area (Å²) in [5, 5.41) is 2.91. The van der Waals surface area contributed by atoms with Gasteiger partial charge >= 0.3 is 0 Å². The van der Waals surface area contributed by atoms with Gasteiger partial charge in [-0.15, -0.1) is 0 Å². The minimum absolute atomic E-state index is 0.0907. The maximum Gasteiger partial charge on any atom is 0.264 e. The Kier molecular flexibility index (Phi) is 9.69. The number of benzene rings is 3. The summed E-state index contributed by atoms with van der Waals surface area (Å²) in [5.41, 5.74) is 2.87. The number of sulfonamides is 1. The largest absolute Gasteiger partial charge is 0.352 e. The van der Waals surface area contributed by atoms with E-state index in [-0.39, 0.29) is 23.4 Å². The van der Waals surface area contributed by atoms with Gasteiger partial charge < -0.3 is 10.2 Å². The van der Waals surface area contributed by atoms with E-state index in [1.165, 1.54) is 17.0 Å². The molecule has 0 saturated heterocycles. The molecule has 1 atom stereocenters. The van der Waals surface area contributed by atoms with E-state index in [1.807, 2.05) is 77.1 Å². The van der Waals surface area contributed by atoms with E-state index in [1.54, 1.807) is 24.3 Å². The van der Waals surface area contributed by atoms with E-state index < -0.39 is 28.5 Å². The van der Waals surface area contributed by atoms with Gasteiger partial charge in [-0.1, -0.05) is 67.6 Å². The molecule has 0 radical (unpaired) electrons. The van der Waals surface area contributed by atoms with E-state index >= 15 is 0 Å². The van der Waals surface area contributed by atoms with Crippen LogP contribution in [0.3, 0.4) is 0 Å². The van der Waals surface area contributed by atoms with Gasteiger partial charge in [-0.2, -0.15) is 0 Å². The number of carbonyl (C=O) groups is 2. The molecule has 0 spiro atoms. The second-order valence-corrected chi connectivity index (χ2v) is 11.6. The highest BCUT2D eigenvalue weighted by molar-refractivity contribution is 7.92. The van der Waals surface area contributed by atoms with Crippen molar-refractivity contribution in [3.63, 3.8) is 0 Å². The van der Waals surface area contributed by atoms with E-state index in [9.17, 15) is 18.0 Å². The van der Waals surface area contributed by atoms with Crippen LogP contribution in [0.15, 0.2) is 83.8 Å². The van der Waals surface area contributed by atoms with Crippen LogP contribution in [0.4, 0.5) is 5.69 Å². The number of nitrogens with zero attached hydrogens (tertiary/aromatic N) is 2. The van der Waals surface area contributed by atoms with Crippen LogP contribution < -0.4 is 9.62 Å². The fourth-order valence-electron chi connectivity index (χ4n) is 4.30. The number of anilines is 1. The summed E-state index contributed by atoms with van der Waals surface area (Å²) >= 11 is 0. The highest BCUT2D eigenvalue weighted by Gasteiger charge is 2.34. The first-order chi connectivity index (χ1) is 18.0. The van der Waals surface area contributed by atoms with Crippen LogP contribution >= 0.6 is 0 Å². The smallest absolute Gasteiger partial charge is 0.264 e. The Hall–Kier alpha value is -3.65. The molecule has 0 heterocycles. The fraction of sp³-hybridized carbons (Fsp3) is 0.333. The third kappa shape index (κ3) is 7.01. The van der Waals surface area contributed by atoms with Gasteiger partial charge in [-0.3, -0.25) is 13.9 Å². The molecule has 0 aliphatic rings. The van der Waals surface area contributed by atoms with E-state index in [0.717, 1.165) is 21.0 Å². The fourth-order valence-corrected chi connectivity index (χ4v) is 5.79. The summed E-state index contributed by atoms with van der Waals surface area (Å²) in [6.07, 6.45) is 0.381. The summed E-state index contributed by atoms with van der Waals surface area (Å²) in [5.74, 6) is -0.726. The molecule has 7 nitrogen and oxygen atoms in total. The van der Waals surface area contributed by atoms with Gasteiger partial charge in [0.1, 0.15) is 12.6 Å². The second kappa shape index (κ2) is 12.7. The molecule has 0 aromatic heterocycles. The minimum Gasteiger partial charge on any atom is -0.352 e. The van der Waals surface area contributed by atoms with Crippen LogP contribution in [0.2, 0.25) is 0 Å². The van der Waals surface area contributed by atoms with Crippen molar-refractivity contribution in [3.8, 4) is 0 Å². The standard InChI is InChI=1S/C30H37N3O4S/c1-6-27(30(35)31-22(2)3)32(20-25-13-9-7-10-14-25)29(34)21-33(28-19-23(4)17-18-24(28)5)38(36,37)26-15-11-8-12-16-26/h7-19,22,27H,6,20-21H2,1-5H3,(H,31,35)/t27-/m0/s1. The first kappa shape index (κ1) is 28.9. The van der Waals surface area contributed by atoms with Crippen molar-refractivity contribution in [2.24, 2.45) is 0 Å². The average Bonchev–Trinajstić information content (AvgIpc) is 2.89. The lowest BCUT2D eigenvalue weighted by molar-refractivity contribution is -0.140. The van der Waals surface area contributed by atoms with Gasteiger partial charge in [-0.25, -0.2) is 8.42 Å². The molecule has 202 valence electrons. The SMILES string of the molecule is CC[C@@H](C(=O)NC(C)C)N(Cc1ccccc1)C(=O)CN(c1cc(C)ccc1C)S(=O)(=O)c1ccccc1. The molecule has 0 aliphatic heterocycles. The Balaban J connectivity index is 2.08. The molecule has 0 saturated carbocycles. The Bertz CT molecular complexity index is 1340. The van der Waals surface area contributed by atoms with Crippen LogP contribution in [0, 0.1) is 13.8 Å². The van der Waals surface area contributed by atoms with Crippen LogP contribution in [-0.2, 0) is 26.2 Å². The minimum atomic E-state index is -4.08. The van der Waals surface area contributed by atoms with Crippen molar-refractivity contribution in [1.82, 2.24) is 10.2 Å². The maximum absolute atomic E-state index is 14.0. The van der Waals surface area contributed by atoms with Gasteiger partial charge in [0.15, 0.2) is 0 Å². The Morgan fingerprint density at radius 1 is 0.895 bits per heavy atom. The number of hydrogen-bond acceptors (Lipinski definition) is 4. The van der Waals surface area contributed by atoms with Crippen LogP contribution in [-0.4, -0.2) is 43.8 Å². The molecule has 0 unspecified atom stereocenters. The van der Waals surface area contributed by atoms with Crippen LogP contribution in [0.1, 0.15) is 43.9 Å². The normalized spacial score (nSPS) is 12.2. The van der Waals surface area contributed by atoms with Gasteiger partial charge in [-0.05, 0) is 69.0 Å². The van der Waals surface area contributed by atoms with Gasteiger partial charge in [0, 0.05) is 12.6 Å².